The monoisotopic (exact) mass is 511 g/mol. The number of pyridine rings is 1. The van der Waals surface area contributed by atoms with Crippen molar-refractivity contribution < 1.29 is 9.59 Å². The van der Waals surface area contributed by atoms with E-state index in [-0.39, 0.29) is 11.8 Å². The normalized spacial score (nSPS) is 14.9. The van der Waals surface area contributed by atoms with Gasteiger partial charge in [0.2, 0.25) is 5.91 Å². The number of imidazole rings is 1. The molecule has 0 aliphatic heterocycles. The SMILES string of the molecule is Cn1cc(NC(=O)[C@H](CC2CCCC2)NC(=O)c2ccc(Cn3cnc4ncc(Cl)cc43)s2)cn1. The Bertz CT molecular complexity index is 1350. The number of aryl methyl sites for hydroxylation is 1. The third-order valence-corrected chi connectivity index (χ3v) is 7.57. The number of hydrogen-bond acceptors (Lipinski definition) is 6. The summed E-state index contributed by atoms with van der Waals surface area (Å²) < 4.78 is 3.58. The quantitative estimate of drug-likeness (QED) is 0.368. The number of rotatable bonds is 8. The van der Waals surface area contributed by atoms with Crippen LogP contribution in [0.25, 0.3) is 11.2 Å². The summed E-state index contributed by atoms with van der Waals surface area (Å²) in [5.74, 6) is -0.0242. The Morgan fingerprint density at radius 3 is 2.83 bits per heavy atom. The molecule has 9 nitrogen and oxygen atoms in total. The van der Waals surface area contributed by atoms with Crippen molar-refractivity contribution in [2.75, 3.05) is 5.32 Å². The number of nitrogens with zero attached hydrogens (tertiary/aromatic N) is 5. The molecule has 4 aromatic heterocycles. The maximum absolute atomic E-state index is 13.1. The zero-order valence-corrected chi connectivity index (χ0v) is 20.8. The van der Waals surface area contributed by atoms with E-state index >= 15 is 0 Å². The number of carbonyl (C=O) groups is 2. The van der Waals surface area contributed by atoms with Gasteiger partial charge in [-0.25, -0.2) is 9.97 Å². The molecule has 11 heteroatoms. The molecular weight excluding hydrogens is 486 g/mol. The van der Waals surface area contributed by atoms with Crippen LogP contribution in [-0.2, 0) is 18.4 Å². The maximum Gasteiger partial charge on any atom is 0.262 e. The van der Waals surface area contributed by atoms with Gasteiger partial charge in [0, 0.05) is 24.3 Å². The van der Waals surface area contributed by atoms with Crippen LogP contribution >= 0.6 is 22.9 Å². The van der Waals surface area contributed by atoms with Crippen molar-refractivity contribution in [3.05, 3.63) is 57.9 Å². The second kappa shape index (κ2) is 10.2. The maximum atomic E-state index is 13.1. The molecule has 4 heterocycles. The lowest BCUT2D eigenvalue weighted by Gasteiger charge is -2.21. The fraction of sp³-hybridized carbons (Fsp3) is 0.375. The molecule has 0 radical (unpaired) electrons. The van der Waals surface area contributed by atoms with Crippen LogP contribution in [0.2, 0.25) is 5.02 Å². The van der Waals surface area contributed by atoms with Crippen molar-refractivity contribution in [1.82, 2.24) is 29.6 Å². The lowest BCUT2D eigenvalue weighted by Crippen LogP contribution is -2.44. The summed E-state index contributed by atoms with van der Waals surface area (Å²) in [5.41, 5.74) is 2.07. The van der Waals surface area contributed by atoms with E-state index in [1.54, 1.807) is 42.7 Å². The van der Waals surface area contributed by atoms with E-state index in [0.717, 1.165) is 23.2 Å². The van der Waals surface area contributed by atoms with E-state index in [9.17, 15) is 9.59 Å². The molecule has 1 atom stereocenters. The van der Waals surface area contributed by atoms with Gasteiger partial charge in [0.05, 0.1) is 40.2 Å². The molecule has 5 rings (SSSR count). The second-order valence-corrected chi connectivity index (χ2v) is 10.5. The Balaban J connectivity index is 1.28. The van der Waals surface area contributed by atoms with Gasteiger partial charge in [-0.2, -0.15) is 5.10 Å². The minimum atomic E-state index is -0.609. The minimum Gasteiger partial charge on any atom is -0.340 e. The molecular formula is C24H26ClN7O2S. The van der Waals surface area contributed by atoms with Gasteiger partial charge >= 0.3 is 0 Å². The van der Waals surface area contributed by atoms with Gasteiger partial charge in [-0.15, -0.1) is 11.3 Å². The molecule has 0 bridgehead atoms. The van der Waals surface area contributed by atoms with Crippen molar-refractivity contribution >= 4 is 51.6 Å². The van der Waals surface area contributed by atoms with Crippen LogP contribution in [0.1, 0.15) is 46.7 Å². The number of thiophene rings is 1. The standard InChI is InChI=1S/C24H26ClN7O2S/c1-31-12-17(11-28-31)29-23(33)19(8-15-4-2-3-5-15)30-24(34)21-7-6-18(35-21)13-32-14-27-22-20(32)9-16(25)10-26-22/h6-7,9-12,14-15,19H,2-5,8,13H2,1H3,(H,29,33)(H,30,34)/t19-/m0/s1. The van der Waals surface area contributed by atoms with E-state index < -0.39 is 6.04 Å². The third-order valence-electron chi connectivity index (χ3n) is 6.29. The minimum absolute atomic E-state index is 0.218. The average Bonchev–Trinajstić information content (AvgIpc) is 3.63. The molecule has 35 heavy (non-hydrogen) atoms. The van der Waals surface area contributed by atoms with Crippen molar-refractivity contribution in [2.45, 2.75) is 44.7 Å². The summed E-state index contributed by atoms with van der Waals surface area (Å²) in [6.45, 7) is 0.545. The van der Waals surface area contributed by atoms with Crippen molar-refractivity contribution in [3.8, 4) is 0 Å². The molecule has 1 fully saturated rings. The first-order valence-corrected chi connectivity index (χ1v) is 12.8. The van der Waals surface area contributed by atoms with Crippen LogP contribution in [0.5, 0.6) is 0 Å². The molecule has 1 aliphatic rings. The highest BCUT2D eigenvalue weighted by Gasteiger charge is 2.27. The molecule has 0 unspecified atom stereocenters. The molecule has 0 saturated heterocycles. The molecule has 4 aromatic rings. The van der Waals surface area contributed by atoms with Crippen LogP contribution in [0.4, 0.5) is 5.69 Å². The largest absolute Gasteiger partial charge is 0.340 e. The smallest absolute Gasteiger partial charge is 0.262 e. The van der Waals surface area contributed by atoms with Gasteiger partial charge in [0.15, 0.2) is 5.65 Å². The molecule has 1 saturated carbocycles. The van der Waals surface area contributed by atoms with Crippen molar-refractivity contribution in [3.63, 3.8) is 0 Å². The van der Waals surface area contributed by atoms with Gasteiger partial charge < -0.3 is 15.2 Å². The van der Waals surface area contributed by atoms with Crippen LogP contribution < -0.4 is 10.6 Å². The summed E-state index contributed by atoms with van der Waals surface area (Å²) in [6, 6.07) is 4.94. The second-order valence-electron chi connectivity index (χ2n) is 8.94. The number of amides is 2. The summed E-state index contributed by atoms with van der Waals surface area (Å²) >= 11 is 7.49. The number of aromatic nitrogens is 5. The number of carbonyl (C=O) groups excluding carboxylic acids is 2. The van der Waals surface area contributed by atoms with Crippen LogP contribution in [0, 0.1) is 5.92 Å². The Kier molecular flexibility index (Phi) is 6.83. The Morgan fingerprint density at radius 1 is 1.23 bits per heavy atom. The summed E-state index contributed by atoms with van der Waals surface area (Å²) in [5, 5.41) is 10.5. The van der Waals surface area contributed by atoms with Gasteiger partial charge in [-0.05, 0) is 30.5 Å². The molecule has 182 valence electrons. The van der Waals surface area contributed by atoms with E-state index in [1.165, 1.54) is 24.2 Å². The number of hydrogen-bond donors (Lipinski definition) is 2. The molecule has 2 amide bonds. The number of fused-ring (bicyclic) bond motifs is 1. The van der Waals surface area contributed by atoms with Crippen LogP contribution in [-0.4, -0.2) is 42.2 Å². The number of nitrogens with one attached hydrogen (secondary N) is 2. The molecule has 1 aliphatic carbocycles. The predicted octanol–water partition coefficient (Wildman–Crippen LogP) is 4.25. The zero-order chi connectivity index (χ0) is 24.4. The Labute approximate surface area is 211 Å². The Hall–Kier alpha value is -3.24. The Morgan fingerprint density at radius 2 is 2.06 bits per heavy atom. The van der Waals surface area contributed by atoms with Gasteiger partial charge in [-0.3, -0.25) is 14.3 Å². The van der Waals surface area contributed by atoms with Gasteiger partial charge in [0.1, 0.15) is 6.04 Å². The lowest BCUT2D eigenvalue weighted by atomic mass is 9.97. The van der Waals surface area contributed by atoms with Crippen LogP contribution in [0.3, 0.4) is 0 Å². The molecule has 2 N–H and O–H groups in total. The van der Waals surface area contributed by atoms with Gasteiger partial charge in [0.25, 0.3) is 5.91 Å². The van der Waals surface area contributed by atoms with E-state index in [2.05, 4.69) is 25.7 Å². The topological polar surface area (TPSA) is 107 Å². The lowest BCUT2D eigenvalue weighted by molar-refractivity contribution is -0.118. The fourth-order valence-electron chi connectivity index (χ4n) is 4.55. The third kappa shape index (κ3) is 5.54. The highest BCUT2D eigenvalue weighted by Crippen LogP contribution is 2.29. The van der Waals surface area contributed by atoms with Crippen LogP contribution in [0.15, 0.2) is 43.1 Å². The summed E-state index contributed by atoms with van der Waals surface area (Å²) in [7, 11) is 1.79. The zero-order valence-electron chi connectivity index (χ0n) is 19.3. The predicted molar refractivity (Wildman–Crippen MR) is 136 cm³/mol. The highest BCUT2D eigenvalue weighted by atomic mass is 35.5. The van der Waals surface area contributed by atoms with Crippen molar-refractivity contribution in [1.29, 1.82) is 0 Å². The molecule has 0 aromatic carbocycles. The van der Waals surface area contributed by atoms with Gasteiger partial charge in [-0.1, -0.05) is 37.3 Å². The number of halogens is 1. The number of anilines is 1. The van der Waals surface area contributed by atoms with E-state index in [1.807, 2.05) is 16.7 Å². The molecule has 0 spiro atoms. The summed E-state index contributed by atoms with van der Waals surface area (Å²) in [6.07, 6.45) is 11.8. The van der Waals surface area contributed by atoms with E-state index in [0.29, 0.717) is 40.1 Å². The fourth-order valence-corrected chi connectivity index (χ4v) is 5.62. The average molecular weight is 512 g/mol. The summed E-state index contributed by atoms with van der Waals surface area (Å²) in [4.78, 5) is 36.3. The van der Waals surface area contributed by atoms with Crippen molar-refractivity contribution in [2.24, 2.45) is 13.0 Å². The first-order chi connectivity index (χ1) is 16.9. The highest BCUT2D eigenvalue weighted by molar-refractivity contribution is 7.14. The first kappa shape index (κ1) is 23.5. The van der Waals surface area contributed by atoms with E-state index in [4.69, 9.17) is 11.6 Å². The first-order valence-electron chi connectivity index (χ1n) is 11.6.